The number of anilines is 1. The van der Waals surface area contributed by atoms with Crippen LogP contribution < -0.4 is 10.5 Å². The van der Waals surface area contributed by atoms with Crippen LogP contribution in [0.5, 0.6) is 5.88 Å². The molecule has 1 fully saturated rings. The van der Waals surface area contributed by atoms with Crippen LogP contribution in [-0.4, -0.2) is 16.1 Å². The summed E-state index contributed by atoms with van der Waals surface area (Å²) in [7, 11) is 0. The molecule has 2 rings (SSSR count). The molecular weight excluding hydrogens is 190 g/mol. The Hall–Kier alpha value is -1.32. The number of hydrogen-bond donors (Lipinski definition) is 1. The van der Waals surface area contributed by atoms with Gasteiger partial charge in [-0.2, -0.15) is 4.98 Å². The second kappa shape index (κ2) is 4.47. The van der Waals surface area contributed by atoms with Crippen molar-refractivity contribution < 1.29 is 4.74 Å². The van der Waals surface area contributed by atoms with Gasteiger partial charge >= 0.3 is 0 Å². The van der Waals surface area contributed by atoms with Crippen LogP contribution in [0.15, 0.2) is 12.4 Å². The Labute approximate surface area is 89.9 Å². The van der Waals surface area contributed by atoms with Crippen LogP contribution >= 0.6 is 0 Å². The van der Waals surface area contributed by atoms with Gasteiger partial charge in [0.05, 0.1) is 12.4 Å². The minimum absolute atomic E-state index is 0.282. The molecule has 1 aliphatic carbocycles. The predicted molar refractivity (Wildman–Crippen MR) is 58.5 cm³/mol. The minimum Gasteiger partial charge on any atom is -0.473 e. The maximum absolute atomic E-state index is 5.75. The summed E-state index contributed by atoms with van der Waals surface area (Å²) in [6, 6.07) is 0. The van der Waals surface area contributed by atoms with E-state index in [9.17, 15) is 0 Å². The Morgan fingerprint density at radius 2 is 2.27 bits per heavy atom. The highest BCUT2D eigenvalue weighted by atomic mass is 16.5. The molecule has 0 aliphatic heterocycles. The van der Waals surface area contributed by atoms with E-state index in [1.807, 2.05) is 0 Å². The summed E-state index contributed by atoms with van der Waals surface area (Å²) < 4.78 is 5.75. The van der Waals surface area contributed by atoms with Crippen LogP contribution in [0.2, 0.25) is 0 Å². The standard InChI is InChI=1S/C11H17N3O/c1-8-3-2-4-9(5-8)15-11-7-13-6-10(12)14-11/h6-9H,2-5H2,1H3,(H2,12,14). The first-order valence-corrected chi connectivity index (χ1v) is 5.48. The largest absolute Gasteiger partial charge is 0.473 e. The second-order valence-electron chi connectivity index (χ2n) is 4.29. The molecule has 0 saturated heterocycles. The van der Waals surface area contributed by atoms with E-state index < -0.39 is 0 Å². The molecule has 4 heteroatoms. The van der Waals surface area contributed by atoms with E-state index in [0.29, 0.717) is 11.7 Å². The van der Waals surface area contributed by atoms with E-state index in [4.69, 9.17) is 10.5 Å². The Morgan fingerprint density at radius 3 is 3.00 bits per heavy atom. The number of nitrogen functional groups attached to an aromatic ring is 1. The van der Waals surface area contributed by atoms with E-state index in [-0.39, 0.29) is 6.10 Å². The molecule has 4 nitrogen and oxygen atoms in total. The predicted octanol–water partition coefficient (Wildman–Crippen LogP) is 2.02. The third-order valence-electron chi connectivity index (χ3n) is 2.81. The van der Waals surface area contributed by atoms with Crippen molar-refractivity contribution in [3.63, 3.8) is 0 Å². The molecule has 1 aromatic heterocycles. The molecule has 2 N–H and O–H groups in total. The summed E-state index contributed by atoms with van der Waals surface area (Å²) in [5, 5.41) is 0. The number of rotatable bonds is 2. The lowest BCUT2D eigenvalue weighted by molar-refractivity contribution is 0.123. The molecule has 82 valence electrons. The number of aromatic nitrogens is 2. The fourth-order valence-electron chi connectivity index (χ4n) is 2.08. The van der Waals surface area contributed by atoms with E-state index >= 15 is 0 Å². The van der Waals surface area contributed by atoms with Crippen molar-refractivity contribution in [3.05, 3.63) is 12.4 Å². The molecular formula is C11H17N3O. The summed E-state index contributed by atoms with van der Waals surface area (Å²) in [5.74, 6) is 1.71. The second-order valence-corrected chi connectivity index (χ2v) is 4.29. The van der Waals surface area contributed by atoms with Gasteiger partial charge in [0.2, 0.25) is 5.88 Å². The molecule has 1 aliphatic rings. The third-order valence-corrected chi connectivity index (χ3v) is 2.81. The fraction of sp³-hybridized carbons (Fsp3) is 0.636. The van der Waals surface area contributed by atoms with Crippen molar-refractivity contribution in [2.45, 2.75) is 38.7 Å². The zero-order valence-electron chi connectivity index (χ0n) is 9.02. The van der Waals surface area contributed by atoms with Crippen molar-refractivity contribution in [1.82, 2.24) is 9.97 Å². The lowest BCUT2D eigenvalue weighted by Crippen LogP contribution is -2.24. The average molecular weight is 207 g/mol. The van der Waals surface area contributed by atoms with E-state index in [1.54, 1.807) is 6.20 Å². The van der Waals surface area contributed by atoms with Crippen molar-refractivity contribution in [1.29, 1.82) is 0 Å². The van der Waals surface area contributed by atoms with Gasteiger partial charge in [-0.1, -0.05) is 13.3 Å². The molecule has 1 aromatic rings. The normalized spacial score (nSPS) is 26.2. The topological polar surface area (TPSA) is 61.0 Å². The quantitative estimate of drug-likeness (QED) is 0.805. The minimum atomic E-state index is 0.282. The van der Waals surface area contributed by atoms with Gasteiger partial charge in [-0.3, -0.25) is 4.98 Å². The van der Waals surface area contributed by atoms with Crippen molar-refractivity contribution in [3.8, 4) is 5.88 Å². The summed E-state index contributed by atoms with van der Waals surface area (Å²) in [4.78, 5) is 8.04. The SMILES string of the molecule is CC1CCCC(Oc2cncc(N)n2)C1. The molecule has 0 radical (unpaired) electrons. The summed E-state index contributed by atoms with van der Waals surface area (Å²) >= 11 is 0. The van der Waals surface area contributed by atoms with Gasteiger partial charge in [0.25, 0.3) is 0 Å². The molecule has 15 heavy (non-hydrogen) atoms. The van der Waals surface area contributed by atoms with Gasteiger partial charge in [-0.25, -0.2) is 0 Å². The molecule has 0 spiro atoms. The summed E-state index contributed by atoms with van der Waals surface area (Å²) in [6.07, 6.45) is 8.19. The number of nitrogens with two attached hydrogens (primary N) is 1. The highest BCUT2D eigenvalue weighted by molar-refractivity contribution is 5.26. The lowest BCUT2D eigenvalue weighted by Gasteiger charge is -2.26. The van der Waals surface area contributed by atoms with Crippen molar-refractivity contribution in [2.24, 2.45) is 5.92 Å². The van der Waals surface area contributed by atoms with Gasteiger partial charge in [0.1, 0.15) is 11.9 Å². The molecule has 2 unspecified atom stereocenters. The Kier molecular flexibility index (Phi) is 3.04. The highest BCUT2D eigenvalue weighted by Gasteiger charge is 2.20. The lowest BCUT2D eigenvalue weighted by atomic mass is 9.89. The molecule has 2 atom stereocenters. The fourth-order valence-corrected chi connectivity index (χ4v) is 2.08. The number of nitrogens with zero attached hydrogens (tertiary/aromatic N) is 2. The Bertz CT molecular complexity index is 329. The van der Waals surface area contributed by atoms with Crippen LogP contribution in [0.3, 0.4) is 0 Å². The zero-order chi connectivity index (χ0) is 10.7. The molecule has 1 saturated carbocycles. The van der Waals surface area contributed by atoms with Gasteiger partial charge in [0.15, 0.2) is 0 Å². The van der Waals surface area contributed by atoms with Crippen LogP contribution in [0.25, 0.3) is 0 Å². The van der Waals surface area contributed by atoms with Crippen LogP contribution in [-0.2, 0) is 0 Å². The Morgan fingerprint density at radius 1 is 1.40 bits per heavy atom. The maximum atomic E-state index is 5.75. The van der Waals surface area contributed by atoms with Crippen molar-refractivity contribution >= 4 is 5.82 Å². The molecule has 0 aromatic carbocycles. The first-order chi connectivity index (χ1) is 7.24. The highest BCUT2D eigenvalue weighted by Crippen LogP contribution is 2.26. The van der Waals surface area contributed by atoms with Gasteiger partial charge in [-0.05, 0) is 25.2 Å². The molecule has 0 bridgehead atoms. The smallest absolute Gasteiger partial charge is 0.234 e. The first kappa shape index (κ1) is 10.2. The third kappa shape index (κ3) is 2.81. The van der Waals surface area contributed by atoms with Gasteiger partial charge < -0.3 is 10.5 Å². The summed E-state index contributed by atoms with van der Waals surface area (Å²) in [5.41, 5.74) is 5.54. The van der Waals surface area contributed by atoms with E-state index in [1.165, 1.54) is 19.0 Å². The first-order valence-electron chi connectivity index (χ1n) is 5.48. The monoisotopic (exact) mass is 207 g/mol. The van der Waals surface area contributed by atoms with E-state index in [2.05, 4.69) is 16.9 Å². The molecule has 1 heterocycles. The van der Waals surface area contributed by atoms with Crippen LogP contribution in [0.4, 0.5) is 5.82 Å². The number of ether oxygens (including phenoxy) is 1. The van der Waals surface area contributed by atoms with Gasteiger partial charge in [-0.15, -0.1) is 0 Å². The van der Waals surface area contributed by atoms with Gasteiger partial charge in [0, 0.05) is 0 Å². The van der Waals surface area contributed by atoms with E-state index in [0.717, 1.165) is 18.8 Å². The number of hydrogen-bond acceptors (Lipinski definition) is 4. The van der Waals surface area contributed by atoms with Crippen LogP contribution in [0, 0.1) is 5.92 Å². The summed E-state index contributed by atoms with van der Waals surface area (Å²) in [6.45, 7) is 2.26. The Balaban J connectivity index is 1.96. The van der Waals surface area contributed by atoms with Crippen molar-refractivity contribution in [2.75, 3.05) is 5.73 Å². The van der Waals surface area contributed by atoms with Crippen LogP contribution in [0.1, 0.15) is 32.6 Å². The average Bonchev–Trinajstić information content (AvgIpc) is 2.17. The molecule has 0 amide bonds. The zero-order valence-corrected chi connectivity index (χ0v) is 9.02. The maximum Gasteiger partial charge on any atom is 0.234 e.